The summed E-state index contributed by atoms with van der Waals surface area (Å²) in [5, 5.41) is 0.288. The van der Waals surface area contributed by atoms with Crippen LogP contribution in [0.1, 0.15) is 10.4 Å². The van der Waals surface area contributed by atoms with Crippen molar-refractivity contribution in [1.29, 1.82) is 0 Å². The van der Waals surface area contributed by atoms with Gasteiger partial charge in [-0.1, -0.05) is 11.6 Å². The predicted octanol–water partition coefficient (Wildman–Crippen LogP) is 0.936. The lowest BCUT2D eigenvalue weighted by molar-refractivity contribution is -0.158. The number of amides is 1. The molecule has 108 valence electrons. The van der Waals surface area contributed by atoms with Gasteiger partial charge in [0.25, 0.3) is 5.91 Å². The summed E-state index contributed by atoms with van der Waals surface area (Å²) in [7, 11) is 1.28. The Hall–Kier alpha value is -1.79. The van der Waals surface area contributed by atoms with Crippen LogP contribution in [0.25, 0.3) is 0 Å². The number of carbonyl (C=O) groups is 2. The van der Waals surface area contributed by atoms with E-state index in [0.717, 1.165) is 0 Å². The van der Waals surface area contributed by atoms with Gasteiger partial charge in [-0.2, -0.15) is 0 Å². The van der Waals surface area contributed by atoms with Gasteiger partial charge in [0.2, 0.25) is 0 Å². The third-order valence-corrected chi connectivity index (χ3v) is 3.35. The summed E-state index contributed by atoms with van der Waals surface area (Å²) in [6.45, 7) is 0.817. The highest BCUT2D eigenvalue weighted by molar-refractivity contribution is 6.34. The van der Waals surface area contributed by atoms with Crippen LogP contribution in [-0.4, -0.2) is 49.7 Å². The number of rotatable bonds is 2. The van der Waals surface area contributed by atoms with E-state index in [9.17, 15) is 9.59 Å². The fraction of sp³-hybridized carbons (Fsp3) is 0.385. The minimum Gasteiger partial charge on any atom is -0.467 e. The second-order valence-electron chi connectivity index (χ2n) is 4.37. The number of hydrogen-bond donors (Lipinski definition) is 1. The molecule has 1 unspecified atom stereocenters. The third kappa shape index (κ3) is 3.02. The molecule has 0 aliphatic carbocycles. The van der Waals surface area contributed by atoms with Crippen LogP contribution >= 0.6 is 11.6 Å². The zero-order valence-electron chi connectivity index (χ0n) is 11.0. The van der Waals surface area contributed by atoms with Crippen LogP contribution in [0.3, 0.4) is 0 Å². The van der Waals surface area contributed by atoms with Gasteiger partial charge in [0, 0.05) is 12.2 Å². The molecule has 20 heavy (non-hydrogen) atoms. The quantitative estimate of drug-likeness (QED) is 0.649. The van der Waals surface area contributed by atoms with Crippen LogP contribution in [0.2, 0.25) is 5.02 Å². The van der Waals surface area contributed by atoms with E-state index in [2.05, 4.69) is 4.74 Å². The Balaban J connectivity index is 2.14. The molecule has 1 atom stereocenters. The molecule has 1 heterocycles. The number of benzene rings is 1. The first-order valence-electron chi connectivity index (χ1n) is 6.06. The molecule has 2 rings (SSSR count). The molecule has 1 fully saturated rings. The number of esters is 1. The summed E-state index contributed by atoms with van der Waals surface area (Å²) in [6.07, 6.45) is -0.759. The Morgan fingerprint density at radius 3 is 2.90 bits per heavy atom. The zero-order valence-corrected chi connectivity index (χ0v) is 11.7. The van der Waals surface area contributed by atoms with Crippen molar-refractivity contribution in [2.45, 2.75) is 6.10 Å². The average Bonchev–Trinajstić information content (AvgIpc) is 2.46. The SMILES string of the molecule is COC(=O)C1CN(C(=O)c2ccc(N)cc2Cl)CCO1. The topological polar surface area (TPSA) is 81.9 Å². The van der Waals surface area contributed by atoms with Gasteiger partial charge in [-0.05, 0) is 18.2 Å². The summed E-state index contributed by atoms with van der Waals surface area (Å²) < 4.78 is 9.89. The van der Waals surface area contributed by atoms with Crippen molar-refractivity contribution in [2.75, 3.05) is 32.5 Å². The molecule has 1 aromatic carbocycles. The number of halogens is 1. The van der Waals surface area contributed by atoms with E-state index in [1.807, 2.05) is 0 Å². The average molecular weight is 299 g/mol. The van der Waals surface area contributed by atoms with Crippen molar-refractivity contribution < 1.29 is 19.1 Å². The van der Waals surface area contributed by atoms with E-state index in [1.165, 1.54) is 18.1 Å². The molecule has 7 heteroatoms. The summed E-state index contributed by atoms with van der Waals surface area (Å²) in [5.74, 6) is -0.752. The molecule has 0 aromatic heterocycles. The van der Waals surface area contributed by atoms with Crippen LogP contribution in [0, 0.1) is 0 Å². The summed E-state index contributed by atoms with van der Waals surface area (Å²) in [5.41, 5.74) is 6.44. The second-order valence-corrected chi connectivity index (χ2v) is 4.78. The van der Waals surface area contributed by atoms with Crippen molar-refractivity contribution in [2.24, 2.45) is 0 Å². The number of anilines is 1. The fourth-order valence-electron chi connectivity index (χ4n) is 1.98. The predicted molar refractivity (Wildman–Crippen MR) is 73.5 cm³/mol. The first kappa shape index (κ1) is 14.6. The molecular weight excluding hydrogens is 284 g/mol. The fourth-order valence-corrected chi connectivity index (χ4v) is 2.25. The zero-order chi connectivity index (χ0) is 14.7. The second kappa shape index (κ2) is 6.11. The van der Waals surface area contributed by atoms with Gasteiger partial charge in [0.1, 0.15) is 0 Å². The lowest BCUT2D eigenvalue weighted by atomic mass is 10.1. The summed E-state index contributed by atoms with van der Waals surface area (Å²) in [6, 6.07) is 4.70. The Bertz CT molecular complexity index is 535. The maximum absolute atomic E-state index is 12.4. The highest BCUT2D eigenvalue weighted by Gasteiger charge is 2.30. The first-order chi connectivity index (χ1) is 9.52. The third-order valence-electron chi connectivity index (χ3n) is 3.04. The molecule has 1 aromatic rings. The minimum absolute atomic E-state index is 0.145. The molecule has 1 amide bonds. The van der Waals surface area contributed by atoms with E-state index in [1.54, 1.807) is 12.1 Å². The van der Waals surface area contributed by atoms with Gasteiger partial charge in [0.05, 0.1) is 30.8 Å². The molecular formula is C13H15ClN2O4. The van der Waals surface area contributed by atoms with Crippen molar-refractivity contribution >= 4 is 29.2 Å². The van der Waals surface area contributed by atoms with Gasteiger partial charge >= 0.3 is 5.97 Å². The summed E-state index contributed by atoms with van der Waals surface area (Å²) >= 11 is 6.02. The largest absolute Gasteiger partial charge is 0.467 e. The molecule has 0 bridgehead atoms. The number of hydrogen-bond acceptors (Lipinski definition) is 5. The molecule has 1 saturated heterocycles. The van der Waals surface area contributed by atoms with Gasteiger partial charge < -0.3 is 20.1 Å². The highest BCUT2D eigenvalue weighted by atomic mass is 35.5. The number of ether oxygens (including phenoxy) is 2. The Morgan fingerprint density at radius 2 is 2.25 bits per heavy atom. The van der Waals surface area contributed by atoms with Crippen molar-refractivity contribution in [3.05, 3.63) is 28.8 Å². The Labute approximate surface area is 121 Å². The van der Waals surface area contributed by atoms with Crippen LogP contribution < -0.4 is 5.73 Å². The lowest BCUT2D eigenvalue weighted by Crippen LogP contribution is -2.49. The highest BCUT2D eigenvalue weighted by Crippen LogP contribution is 2.21. The Kier molecular flexibility index (Phi) is 4.46. The molecule has 0 saturated carbocycles. The summed E-state index contributed by atoms with van der Waals surface area (Å²) in [4.78, 5) is 25.4. The maximum Gasteiger partial charge on any atom is 0.336 e. The number of morpholine rings is 1. The van der Waals surface area contributed by atoms with Crippen molar-refractivity contribution in [3.8, 4) is 0 Å². The number of methoxy groups -OCH3 is 1. The number of nitrogens with zero attached hydrogens (tertiary/aromatic N) is 1. The van der Waals surface area contributed by atoms with E-state index in [4.69, 9.17) is 22.1 Å². The molecule has 0 spiro atoms. The van der Waals surface area contributed by atoms with Crippen LogP contribution in [0.5, 0.6) is 0 Å². The van der Waals surface area contributed by atoms with Crippen molar-refractivity contribution in [3.63, 3.8) is 0 Å². The monoisotopic (exact) mass is 298 g/mol. The van der Waals surface area contributed by atoms with E-state index >= 15 is 0 Å². The van der Waals surface area contributed by atoms with E-state index < -0.39 is 12.1 Å². The first-order valence-corrected chi connectivity index (χ1v) is 6.44. The lowest BCUT2D eigenvalue weighted by Gasteiger charge is -2.31. The molecule has 1 aliphatic rings. The standard InChI is InChI=1S/C13H15ClN2O4/c1-19-13(18)11-7-16(4-5-20-11)12(17)9-3-2-8(15)6-10(9)14/h2-3,6,11H,4-5,7,15H2,1H3. The molecule has 1 aliphatic heterocycles. The number of nitrogen functional groups attached to an aromatic ring is 1. The number of carbonyl (C=O) groups excluding carboxylic acids is 2. The van der Waals surface area contributed by atoms with E-state index in [0.29, 0.717) is 17.8 Å². The van der Waals surface area contributed by atoms with Crippen LogP contribution in [-0.2, 0) is 14.3 Å². The molecule has 6 nitrogen and oxygen atoms in total. The van der Waals surface area contributed by atoms with Crippen molar-refractivity contribution in [1.82, 2.24) is 4.90 Å². The van der Waals surface area contributed by atoms with Crippen LogP contribution in [0.15, 0.2) is 18.2 Å². The normalized spacial score (nSPS) is 18.7. The smallest absolute Gasteiger partial charge is 0.336 e. The van der Waals surface area contributed by atoms with Gasteiger partial charge in [-0.3, -0.25) is 4.79 Å². The minimum atomic E-state index is -0.759. The molecule has 0 radical (unpaired) electrons. The molecule has 2 N–H and O–H groups in total. The van der Waals surface area contributed by atoms with Gasteiger partial charge in [-0.25, -0.2) is 4.79 Å². The maximum atomic E-state index is 12.4. The van der Waals surface area contributed by atoms with Crippen LogP contribution in [0.4, 0.5) is 5.69 Å². The van der Waals surface area contributed by atoms with Gasteiger partial charge in [0.15, 0.2) is 6.10 Å². The van der Waals surface area contributed by atoms with E-state index in [-0.39, 0.29) is 24.1 Å². The Morgan fingerprint density at radius 1 is 1.50 bits per heavy atom. The number of nitrogens with two attached hydrogens (primary N) is 1. The van der Waals surface area contributed by atoms with Gasteiger partial charge in [-0.15, -0.1) is 0 Å².